The molecule has 0 aliphatic carbocycles. The molecule has 3 rings (SSSR count). The van der Waals surface area contributed by atoms with E-state index < -0.39 is 0 Å². The van der Waals surface area contributed by atoms with Gasteiger partial charge in [-0.3, -0.25) is 9.69 Å². The Morgan fingerprint density at radius 2 is 1.70 bits per heavy atom. The summed E-state index contributed by atoms with van der Waals surface area (Å²) in [7, 11) is 0. The minimum atomic E-state index is -0.275. The van der Waals surface area contributed by atoms with E-state index in [-0.39, 0.29) is 23.7 Å². The minimum Gasteiger partial charge on any atom is -0.379 e. The molecule has 1 saturated heterocycles. The van der Waals surface area contributed by atoms with Gasteiger partial charge in [0, 0.05) is 25.2 Å². The van der Waals surface area contributed by atoms with Crippen molar-refractivity contribution in [2.75, 3.05) is 26.3 Å². The number of hydrogen-bond acceptors (Lipinski definition) is 3. The van der Waals surface area contributed by atoms with Crippen molar-refractivity contribution >= 4 is 5.91 Å². The van der Waals surface area contributed by atoms with Gasteiger partial charge in [-0.1, -0.05) is 38.1 Å². The molecule has 0 aromatic heterocycles. The third kappa shape index (κ3) is 5.37. The molecule has 1 heterocycles. The van der Waals surface area contributed by atoms with E-state index >= 15 is 0 Å². The van der Waals surface area contributed by atoms with Crippen molar-refractivity contribution in [1.29, 1.82) is 0 Å². The lowest BCUT2D eigenvalue weighted by Gasteiger charge is -2.26. The molecule has 1 amide bonds. The summed E-state index contributed by atoms with van der Waals surface area (Å²) in [6, 6.07) is 13.9. The SMILES string of the molecule is CC(C)[C@@H](NC(=O)c1ccc(CN2CCOCC2)cc1)c1ccc(F)cc1. The highest BCUT2D eigenvalue weighted by Gasteiger charge is 2.19. The second-order valence-corrected chi connectivity index (χ2v) is 7.33. The first-order valence-corrected chi connectivity index (χ1v) is 9.48. The Balaban J connectivity index is 1.64. The number of nitrogens with zero attached hydrogens (tertiary/aromatic N) is 1. The molecular weight excluding hydrogens is 343 g/mol. The van der Waals surface area contributed by atoms with E-state index in [1.165, 1.54) is 17.7 Å². The van der Waals surface area contributed by atoms with E-state index in [2.05, 4.69) is 10.2 Å². The van der Waals surface area contributed by atoms with Crippen LogP contribution in [0.25, 0.3) is 0 Å². The molecule has 1 fully saturated rings. The molecule has 0 saturated carbocycles. The normalized spacial score (nSPS) is 16.3. The predicted octanol–water partition coefficient (Wildman–Crippen LogP) is 3.79. The maximum atomic E-state index is 13.2. The average Bonchev–Trinajstić information content (AvgIpc) is 2.68. The van der Waals surface area contributed by atoms with Crippen molar-refractivity contribution in [3.8, 4) is 0 Å². The standard InChI is InChI=1S/C22H27FN2O2/c1-16(2)21(18-7-9-20(23)10-8-18)24-22(26)19-5-3-17(4-6-19)15-25-11-13-27-14-12-25/h3-10,16,21H,11-15H2,1-2H3,(H,24,26)/t21-/m1/s1. The maximum absolute atomic E-state index is 13.2. The summed E-state index contributed by atoms with van der Waals surface area (Å²) in [6.45, 7) is 8.39. The third-order valence-corrected chi connectivity index (χ3v) is 4.91. The molecule has 0 spiro atoms. The number of carbonyl (C=O) groups is 1. The summed E-state index contributed by atoms with van der Waals surface area (Å²) in [4.78, 5) is 15.0. The fourth-order valence-corrected chi connectivity index (χ4v) is 3.31. The van der Waals surface area contributed by atoms with Gasteiger partial charge in [-0.25, -0.2) is 4.39 Å². The van der Waals surface area contributed by atoms with E-state index in [0.29, 0.717) is 5.56 Å². The zero-order chi connectivity index (χ0) is 19.2. The van der Waals surface area contributed by atoms with Crippen molar-refractivity contribution in [1.82, 2.24) is 10.2 Å². The first-order chi connectivity index (χ1) is 13.0. The first-order valence-electron chi connectivity index (χ1n) is 9.48. The predicted molar refractivity (Wildman–Crippen MR) is 104 cm³/mol. The fourth-order valence-electron chi connectivity index (χ4n) is 3.31. The van der Waals surface area contributed by atoms with Gasteiger partial charge in [-0.05, 0) is 41.3 Å². The number of carbonyl (C=O) groups excluding carboxylic acids is 1. The Bertz CT molecular complexity index is 738. The lowest BCUT2D eigenvalue weighted by molar-refractivity contribution is 0.0342. The average molecular weight is 370 g/mol. The highest BCUT2D eigenvalue weighted by Crippen LogP contribution is 2.22. The number of hydrogen-bond donors (Lipinski definition) is 1. The second-order valence-electron chi connectivity index (χ2n) is 7.33. The summed E-state index contributed by atoms with van der Waals surface area (Å²) in [5.41, 5.74) is 2.73. The largest absolute Gasteiger partial charge is 0.379 e. The number of halogens is 1. The molecule has 0 unspecified atom stereocenters. The van der Waals surface area contributed by atoms with Crippen molar-refractivity contribution in [2.45, 2.75) is 26.4 Å². The van der Waals surface area contributed by atoms with Crippen LogP contribution in [0.5, 0.6) is 0 Å². The molecule has 0 radical (unpaired) electrons. The van der Waals surface area contributed by atoms with E-state index in [1.54, 1.807) is 12.1 Å². The van der Waals surface area contributed by atoms with Gasteiger partial charge in [0.05, 0.1) is 19.3 Å². The van der Waals surface area contributed by atoms with Crippen LogP contribution in [0.3, 0.4) is 0 Å². The van der Waals surface area contributed by atoms with Gasteiger partial charge in [-0.15, -0.1) is 0 Å². The third-order valence-electron chi connectivity index (χ3n) is 4.91. The van der Waals surface area contributed by atoms with Gasteiger partial charge in [0.2, 0.25) is 0 Å². The number of ether oxygens (including phenoxy) is 1. The Morgan fingerprint density at radius 3 is 2.30 bits per heavy atom. The Morgan fingerprint density at radius 1 is 1.07 bits per heavy atom. The molecule has 2 aromatic carbocycles. The number of nitrogens with one attached hydrogen (secondary N) is 1. The number of amides is 1. The van der Waals surface area contributed by atoms with Crippen LogP contribution in [0.15, 0.2) is 48.5 Å². The fraction of sp³-hybridized carbons (Fsp3) is 0.409. The smallest absolute Gasteiger partial charge is 0.251 e. The Labute approximate surface area is 160 Å². The van der Waals surface area contributed by atoms with E-state index in [4.69, 9.17) is 4.74 Å². The molecule has 27 heavy (non-hydrogen) atoms. The molecule has 2 aromatic rings. The van der Waals surface area contributed by atoms with Crippen LogP contribution < -0.4 is 5.32 Å². The molecule has 1 aliphatic heterocycles. The summed E-state index contributed by atoms with van der Waals surface area (Å²) in [6.07, 6.45) is 0. The first kappa shape index (κ1) is 19.5. The van der Waals surface area contributed by atoms with E-state index in [1.807, 2.05) is 38.1 Å². The zero-order valence-corrected chi connectivity index (χ0v) is 16.0. The quantitative estimate of drug-likeness (QED) is 0.841. The van der Waals surface area contributed by atoms with Gasteiger partial charge in [0.25, 0.3) is 5.91 Å². The zero-order valence-electron chi connectivity index (χ0n) is 16.0. The topological polar surface area (TPSA) is 41.6 Å². The van der Waals surface area contributed by atoms with Crippen molar-refractivity contribution in [2.24, 2.45) is 5.92 Å². The van der Waals surface area contributed by atoms with Crippen molar-refractivity contribution in [3.63, 3.8) is 0 Å². The highest BCUT2D eigenvalue weighted by molar-refractivity contribution is 5.94. The minimum absolute atomic E-state index is 0.115. The Kier molecular flexibility index (Phi) is 6.58. The second kappa shape index (κ2) is 9.11. The van der Waals surface area contributed by atoms with Crippen LogP contribution in [0.4, 0.5) is 4.39 Å². The van der Waals surface area contributed by atoms with Crippen molar-refractivity contribution in [3.05, 3.63) is 71.0 Å². The lowest BCUT2D eigenvalue weighted by atomic mass is 9.95. The van der Waals surface area contributed by atoms with Crippen LogP contribution in [0.1, 0.15) is 41.4 Å². The number of morpholine rings is 1. The van der Waals surface area contributed by atoms with Crippen LogP contribution in [0, 0.1) is 11.7 Å². The van der Waals surface area contributed by atoms with Gasteiger partial charge >= 0.3 is 0 Å². The van der Waals surface area contributed by atoms with Crippen molar-refractivity contribution < 1.29 is 13.9 Å². The number of rotatable bonds is 6. The summed E-state index contributed by atoms with van der Waals surface area (Å²) in [5.74, 6) is -0.195. The van der Waals surface area contributed by atoms with E-state index in [9.17, 15) is 9.18 Å². The summed E-state index contributed by atoms with van der Waals surface area (Å²) < 4.78 is 18.6. The molecule has 4 nitrogen and oxygen atoms in total. The van der Waals surface area contributed by atoms with Crippen LogP contribution in [-0.2, 0) is 11.3 Å². The van der Waals surface area contributed by atoms with Gasteiger partial charge in [-0.2, -0.15) is 0 Å². The van der Waals surface area contributed by atoms with Crippen LogP contribution in [-0.4, -0.2) is 37.1 Å². The number of benzene rings is 2. The molecule has 5 heteroatoms. The van der Waals surface area contributed by atoms with Gasteiger partial charge in [0.15, 0.2) is 0 Å². The molecule has 1 aliphatic rings. The lowest BCUT2D eigenvalue weighted by Crippen LogP contribution is -2.35. The molecule has 144 valence electrons. The monoisotopic (exact) mass is 370 g/mol. The molecule has 1 atom stereocenters. The molecular formula is C22H27FN2O2. The van der Waals surface area contributed by atoms with Gasteiger partial charge in [0.1, 0.15) is 5.82 Å². The Hall–Kier alpha value is -2.24. The van der Waals surface area contributed by atoms with E-state index in [0.717, 1.165) is 38.4 Å². The maximum Gasteiger partial charge on any atom is 0.251 e. The summed E-state index contributed by atoms with van der Waals surface area (Å²) >= 11 is 0. The molecule has 1 N–H and O–H groups in total. The summed E-state index contributed by atoms with van der Waals surface area (Å²) in [5, 5.41) is 3.08. The van der Waals surface area contributed by atoms with Gasteiger partial charge < -0.3 is 10.1 Å². The molecule has 0 bridgehead atoms. The highest BCUT2D eigenvalue weighted by atomic mass is 19.1. The van der Waals surface area contributed by atoms with Crippen LogP contribution in [0.2, 0.25) is 0 Å². The van der Waals surface area contributed by atoms with Crippen LogP contribution >= 0.6 is 0 Å².